The summed E-state index contributed by atoms with van der Waals surface area (Å²) in [5.41, 5.74) is 1.67. The molecule has 2 amide bonds. The molecule has 2 unspecified atom stereocenters. The lowest BCUT2D eigenvalue weighted by molar-refractivity contribution is -0.129. The molecule has 212 valence electrons. The van der Waals surface area contributed by atoms with Gasteiger partial charge in [0.25, 0.3) is 5.91 Å². The summed E-state index contributed by atoms with van der Waals surface area (Å²) in [5, 5.41) is 13.7. The summed E-state index contributed by atoms with van der Waals surface area (Å²) >= 11 is 0. The molecule has 2 aliphatic rings. The minimum absolute atomic E-state index is 0.00119. The zero-order valence-electron chi connectivity index (χ0n) is 22.5. The van der Waals surface area contributed by atoms with E-state index in [-0.39, 0.29) is 35.3 Å². The lowest BCUT2D eigenvalue weighted by atomic mass is 9.96. The lowest BCUT2D eigenvalue weighted by Crippen LogP contribution is -2.41. The molecule has 1 aliphatic heterocycles. The Hall–Kier alpha value is -3.31. The number of pyridine rings is 1. The molecule has 1 saturated heterocycles. The number of rotatable bonds is 12. The number of aromatic nitrogens is 1. The number of hydrogen-bond donors (Lipinski definition) is 2. The van der Waals surface area contributed by atoms with Crippen molar-refractivity contribution < 1.29 is 33.0 Å². The van der Waals surface area contributed by atoms with Crippen LogP contribution in [0.4, 0.5) is 8.78 Å². The number of ether oxygens (including phenoxy) is 2. The van der Waals surface area contributed by atoms with Crippen molar-refractivity contribution in [3.8, 4) is 11.5 Å². The van der Waals surface area contributed by atoms with Gasteiger partial charge >= 0.3 is 6.61 Å². The summed E-state index contributed by atoms with van der Waals surface area (Å²) in [4.78, 5) is 32.2. The summed E-state index contributed by atoms with van der Waals surface area (Å²) in [6.07, 6.45) is 3.09. The molecule has 3 atom stereocenters. The monoisotopic (exact) mass is 546 g/mol. The van der Waals surface area contributed by atoms with E-state index in [2.05, 4.69) is 15.0 Å². The van der Waals surface area contributed by atoms with Gasteiger partial charge in [-0.05, 0) is 61.9 Å². The Balaban J connectivity index is 1.41. The predicted octanol–water partition coefficient (Wildman–Crippen LogP) is 3.55. The van der Waals surface area contributed by atoms with Gasteiger partial charge in [-0.15, -0.1) is 0 Å². The lowest BCUT2D eigenvalue weighted by Gasteiger charge is -2.24. The molecule has 1 aromatic heterocycles. The number of alkyl halides is 2. The van der Waals surface area contributed by atoms with Crippen molar-refractivity contribution in [3.05, 3.63) is 53.3 Å². The number of carbonyl (C=O) groups is 2. The summed E-state index contributed by atoms with van der Waals surface area (Å²) in [5.74, 6) is 0.438. The maximum Gasteiger partial charge on any atom is 0.387 e. The van der Waals surface area contributed by atoms with Crippen molar-refractivity contribution >= 4 is 11.8 Å². The van der Waals surface area contributed by atoms with E-state index in [1.54, 1.807) is 41.1 Å². The highest BCUT2D eigenvalue weighted by atomic mass is 19.3. The average Bonchev–Trinajstić information content (AvgIpc) is 3.66. The van der Waals surface area contributed by atoms with Crippen LogP contribution in [0.3, 0.4) is 0 Å². The number of hydrogen-bond acceptors (Lipinski definition) is 7. The van der Waals surface area contributed by atoms with Crippen molar-refractivity contribution in [2.45, 2.75) is 57.9 Å². The van der Waals surface area contributed by atoms with Gasteiger partial charge in [0.15, 0.2) is 11.5 Å². The molecule has 4 rings (SSSR count). The number of halogens is 2. The van der Waals surface area contributed by atoms with E-state index in [1.807, 2.05) is 6.92 Å². The smallest absolute Gasteiger partial charge is 0.387 e. The van der Waals surface area contributed by atoms with Crippen LogP contribution in [0, 0.1) is 5.92 Å². The molecule has 2 heterocycles. The summed E-state index contributed by atoms with van der Waals surface area (Å²) in [6.45, 7) is 2.22. The molecule has 9 nitrogen and oxygen atoms in total. The molecule has 2 aromatic rings. The predicted molar refractivity (Wildman–Crippen MR) is 140 cm³/mol. The summed E-state index contributed by atoms with van der Waals surface area (Å²) < 4.78 is 36.3. The van der Waals surface area contributed by atoms with Gasteiger partial charge in [-0.1, -0.05) is 6.07 Å². The van der Waals surface area contributed by atoms with Gasteiger partial charge < -0.3 is 24.4 Å². The SMILES string of the molecule is CCN(C)C(=O)c1ccc(C(O)NC[C@H]2CC(c3ccc(OC(F)F)c(OCC4CC4)c3)CN2C(C)=O)nc1. The highest BCUT2D eigenvalue weighted by Crippen LogP contribution is 2.38. The van der Waals surface area contributed by atoms with E-state index in [0.717, 1.165) is 18.4 Å². The van der Waals surface area contributed by atoms with Crippen molar-refractivity contribution in [1.29, 1.82) is 0 Å². The van der Waals surface area contributed by atoms with Gasteiger partial charge in [0.1, 0.15) is 6.23 Å². The Labute approximate surface area is 227 Å². The first kappa shape index (κ1) is 28.7. The number of aliphatic hydroxyl groups is 1. The number of amides is 2. The molecule has 2 fully saturated rings. The third-order valence-corrected chi connectivity index (χ3v) is 7.33. The molecule has 2 N–H and O–H groups in total. The van der Waals surface area contributed by atoms with Crippen LogP contribution >= 0.6 is 0 Å². The molecule has 0 radical (unpaired) electrons. The average molecular weight is 547 g/mol. The Bertz CT molecular complexity index is 1150. The molecule has 0 bridgehead atoms. The minimum atomic E-state index is -2.95. The number of likely N-dealkylation sites (tertiary alicyclic amines) is 1. The summed E-state index contributed by atoms with van der Waals surface area (Å²) in [6, 6.07) is 7.98. The van der Waals surface area contributed by atoms with Crippen molar-refractivity contribution in [1.82, 2.24) is 20.1 Å². The molecule has 0 spiro atoms. The molecule has 11 heteroatoms. The van der Waals surface area contributed by atoms with Gasteiger partial charge in [0.2, 0.25) is 5.91 Å². The molecular weight excluding hydrogens is 510 g/mol. The van der Waals surface area contributed by atoms with E-state index in [0.29, 0.717) is 49.8 Å². The molecular formula is C28H36F2N4O5. The van der Waals surface area contributed by atoms with Crippen LogP contribution in [0.25, 0.3) is 0 Å². The fourth-order valence-electron chi connectivity index (χ4n) is 4.72. The zero-order chi connectivity index (χ0) is 28.1. The second-order valence-electron chi connectivity index (χ2n) is 10.2. The third-order valence-electron chi connectivity index (χ3n) is 7.33. The first-order valence-electron chi connectivity index (χ1n) is 13.3. The first-order chi connectivity index (χ1) is 18.7. The van der Waals surface area contributed by atoms with Crippen LogP contribution in [0.2, 0.25) is 0 Å². The number of carbonyl (C=O) groups excluding carboxylic acids is 2. The summed E-state index contributed by atoms with van der Waals surface area (Å²) in [7, 11) is 1.70. The van der Waals surface area contributed by atoms with Gasteiger partial charge in [0, 0.05) is 51.8 Å². The van der Waals surface area contributed by atoms with Crippen LogP contribution in [0.15, 0.2) is 36.5 Å². The van der Waals surface area contributed by atoms with Gasteiger partial charge in [0.05, 0.1) is 17.9 Å². The van der Waals surface area contributed by atoms with Gasteiger partial charge in [-0.3, -0.25) is 19.9 Å². The van der Waals surface area contributed by atoms with Crippen LogP contribution in [-0.2, 0) is 4.79 Å². The van der Waals surface area contributed by atoms with Crippen molar-refractivity contribution in [2.75, 3.05) is 33.3 Å². The Morgan fingerprint density at radius 2 is 2.00 bits per heavy atom. The third kappa shape index (κ3) is 7.42. The minimum Gasteiger partial charge on any atom is -0.489 e. The van der Waals surface area contributed by atoms with E-state index in [9.17, 15) is 23.5 Å². The van der Waals surface area contributed by atoms with Crippen molar-refractivity contribution in [2.24, 2.45) is 5.92 Å². The number of benzene rings is 1. The maximum absolute atomic E-state index is 12.9. The van der Waals surface area contributed by atoms with Crippen LogP contribution in [0.5, 0.6) is 11.5 Å². The topological polar surface area (TPSA) is 104 Å². The first-order valence-corrected chi connectivity index (χ1v) is 13.3. The van der Waals surface area contributed by atoms with Gasteiger partial charge in [-0.2, -0.15) is 8.78 Å². The number of nitrogens with zero attached hydrogens (tertiary/aromatic N) is 3. The molecule has 1 aromatic carbocycles. The molecule has 1 saturated carbocycles. The number of aliphatic hydroxyl groups excluding tert-OH is 1. The second-order valence-corrected chi connectivity index (χ2v) is 10.2. The normalized spacial score (nSPS) is 19.7. The van der Waals surface area contributed by atoms with Crippen LogP contribution < -0.4 is 14.8 Å². The fraction of sp³-hybridized carbons (Fsp3) is 0.536. The fourth-order valence-corrected chi connectivity index (χ4v) is 4.72. The largest absolute Gasteiger partial charge is 0.489 e. The Morgan fingerprint density at radius 3 is 2.62 bits per heavy atom. The standard InChI is InChI=1S/C28H36F2N4O5/c1-4-33(3)27(37)20-7-9-23(31-13-20)26(36)32-14-22-11-21(15-34(22)17(2)35)19-8-10-24(39-28(29)30)25(12-19)38-16-18-5-6-18/h7-10,12-13,18,21-22,26,28,32,36H,4-6,11,14-16H2,1-3H3/t21?,22-,26?/m1/s1. The highest BCUT2D eigenvalue weighted by Gasteiger charge is 2.35. The Morgan fingerprint density at radius 1 is 1.23 bits per heavy atom. The quantitative estimate of drug-likeness (QED) is 0.393. The maximum atomic E-state index is 12.9. The van der Waals surface area contributed by atoms with Crippen molar-refractivity contribution in [3.63, 3.8) is 0 Å². The highest BCUT2D eigenvalue weighted by molar-refractivity contribution is 5.93. The Kier molecular flexibility index (Phi) is 9.34. The van der Waals surface area contributed by atoms with Crippen LogP contribution in [0.1, 0.15) is 66.9 Å². The van der Waals surface area contributed by atoms with Crippen LogP contribution in [-0.4, -0.2) is 77.6 Å². The molecule has 39 heavy (non-hydrogen) atoms. The number of nitrogens with one attached hydrogen (secondary N) is 1. The second kappa shape index (κ2) is 12.7. The molecule has 1 aliphatic carbocycles. The van der Waals surface area contributed by atoms with Gasteiger partial charge in [-0.25, -0.2) is 0 Å². The van der Waals surface area contributed by atoms with E-state index in [1.165, 1.54) is 19.2 Å². The zero-order valence-corrected chi connectivity index (χ0v) is 22.5. The van der Waals surface area contributed by atoms with E-state index < -0.39 is 12.8 Å². The van der Waals surface area contributed by atoms with E-state index >= 15 is 0 Å². The van der Waals surface area contributed by atoms with E-state index in [4.69, 9.17) is 4.74 Å².